The molecule has 0 atom stereocenters. The van der Waals surface area contributed by atoms with Gasteiger partial charge in [-0.1, -0.05) is 79.4 Å². The predicted molar refractivity (Wildman–Crippen MR) is 190 cm³/mol. The number of hydrogen-bond donors (Lipinski definition) is 0. The highest BCUT2D eigenvalue weighted by Crippen LogP contribution is 2.62. The van der Waals surface area contributed by atoms with Crippen molar-refractivity contribution in [2.45, 2.75) is 147 Å². The van der Waals surface area contributed by atoms with E-state index in [4.69, 9.17) is 8.75 Å². The number of fused-ring (bicyclic) bond motifs is 4. The molecule has 0 saturated carbocycles. The van der Waals surface area contributed by atoms with E-state index in [1.54, 1.807) is 22.7 Å². The lowest BCUT2D eigenvalue weighted by Crippen LogP contribution is -2.25. The number of benzene rings is 1. The van der Waals surface area contributed by atoms with Gasteiger partial charge in [0.2, 0.25) is 0 Å². The SMILES string of the molecule is CCC(C)(C)c1cc2c(s1)-c1sc(-c3ccc(C(C)(C)CC)c4nsnc34)cc1C2(CCCCCC(F)(F)F)CCCCCC(F)(F)F. The van der Waals surface area contributed by atoms with Crippen molar-refractivity contribution in [3.8, 4) is 20.2 Å². The summed E-state index contributed by atoms with van der Waals surface area (Å²) >= 11 is 4.75. The standard InChI is InChI=1S/C37H46F6N2S3/c1-7-33(3,4)24-16-15-23(29-30(24)45-48-44-29)27-21-25-31(46-27)32-26(22-28(47-32)34(5,6)8-2)35(25,17-11-9-13-19-36(38,39)40)18-12-10-14-20-37(41,42)43/h15-16,21-22H,7-14,17-20H2,1-6H3. The molecule has 48 heavy (non-hydrogen) atoms. The number of rotatable bonds is 15. The van der Waals surface area contributed by atoms with Gasteiger partial charge in [-0.2, -0.15) is 35.1 Å². The Labute approximate surface area is 292 Å². The van der Waals surface area contributed by atoms with E-state index >= 15 is 0 Å². The Morgan fingerprint density at radius 1 is 0.646 bits per heavy atom. The van der Waals surface area contributed by atoms with E-state index < -0.39 is 30.6 Å². The molecule has 1 aromatic carbocycles. The number of alkyl halides is 6. The van der Waals surface area contributed by atoms with Crippen LogP contribution in [0.15, 0.2) is 24.3 Å². The van der Waals surface area contributed by atoms with Crippen molar-refractivity contribution in [2.24, 2.45) is 0 Å². The maximum Gasteiger partial charge on any atom is 0.389 e. The van der Waals surface area contributed by atoms with Crippen LogP contribution >= 0.6 is 34.4 Å². The second-order valence-corrected chi connectivity index (χ2v) is 17.4. The Morgan fingerprint density at radius 3 is 1.75 bits per heavy atom. The number of halogens is 6. The molecule has 0 unspecified atom stereocenters. The van der Waals surface area contributed by atoms with Crippen LogP contribution in [0.25, 0.3) is 31.2 Å². The molecule has 1 aliphatic rings. The highest BCUT2D eigenvalue weighted by Gasteiger charge is 2.46. The minimum Gasteiger partial charge on any atom is -0.173 e. The molecular weight excluding hydrogens is 683 g/mol. The van der Waals surface area contributed by atoms with E-state index in [0.717, 1.165) is 34.3 Å². The van der Waals surface area contributed by atoms with Crippen LogP contribution in [0.3, 0.4) is 0 Å². The molecule has 0 radical (unpaired) electrons. The molecule has 0 fully saturated rings. The lowest BCUT2D eigenvalue weighted by Gasteiger charge is -2.32. The molecule has 264 valence electrons. The summed E-state index contributed by atoms with van der Waals surface area (Å²) in [5.74, 6) is 0. The van der Waals surface area contributed by atoms with E-state index in [2.05, 4.69) is 65.8 Å². The van der Waals surface area contributed by atoms with E-state index in [0.29, 0.717) is 38.5 Å². The average Bonchev–Trinajstić information content (AvgIpc) is 3.79. The van der Waals surface area contributed by atoms with Crippen molar-refractivity contribution in [2.75, 3.05) is 0 Å². The molecule has 0 N–H and O–H groups in total. The average molecular weight is 729 g/mol. The Kier molecular flexibility index (Phi) is 10.9. The van der Waals surface area contributed by atoms with Gasteiger partial charge < -0.3 is 0 Å². The van der Waals surface area contributed by atoms with Crippen LogP contribution in [0.4, 0.5) is 26.3 Å². The number of nitrogens with zero attached hydrogens (tertiary/aromatic N) is 2. The number of unbranched alkanes of at least 4 members (excludes halogenated alkanes) is 4. The molecule has 3 aromatic heterocycles. The highest BCUT2D eigenvalue weighted by atomic mass is 32.1. The van der Waals surface area contributed by atoms with Crippen LogP contribution in [0.2, 0.25) is 0 Å². The van der Waals surface area contributed by atoms with Gasteiger partial charge in [-0.15, -0.1) is 22.7 Å². The van der Waals surface area contributed by atoms with Gasteiger partial charge in [0.25, 0.3) is 0 Å². The first kappa shape index (κ1) is 37.3. The molecule has 4 aromatic rings. The molecule has 3 heterocycles. The van der Waals surface area contributed by atoms with Crippen LogP contribution in [-0.4, -0.2) is 21.1 Å². The second kappa shape index (κ2) is 14.0. The van der Waals surface area contributed by atoms with Gasteiger partial charge in [-0.05, 0) is 78.2 Å². The van der Waals surface area contributed by atoms with E-state index in [1.807, 2.05) is 0 Å². The second-order valence-electron chi connectivity index (χ2n) is 14.7. The molecule has 2 nitrogen and oxygen atoms in total. The Bertz CT molecular complexity index is 1680. The minimum atomic E-state index is -4.18. The third-order valence-electron chi connectivity index (χ3n) is 10.7. The Morgan fingerprint density at radius 2 is 1.19 bits per heavy atom. The zero-order valence-corrected chi connectivity index (χ0v) is 31.1. The molecule has 5 rings (SSSR count). The van der Waals surface area contributed by atoms with Crippen molar-refractivity contribution >= 4 is 45.4 Å². The number of thiophene rings is 2. The highest BCUT2D eigenvalue weighted by molar-refractivity contribution is 7.24. The van der Waals surface area contributed by atoms with Gasteiger partial charge in [-0.3, -0.25) is 0 Å². The van der Waals surface area contributed by atoms with Gasteiger partial charge in [-0.25, -0.2) is 0 Å². The first-order valence-corrected chi connectivity index (χ1v) is 19.5. The maximum atomic E-state index is 13.0. The number of aromatic nitrogens is 2. The van der Waals surface area contributed by atoms with Crippen molar-refractivity contribution in [3.63, 3.8) is 0 Å². The third kappa shape index (κ3) is 7.68. The van der Waals surface area contributed by atoms with Crippen molar-refractivity contribution in [3.05, 3.63) is 45.8 Å². The fraction of sp³-hybridized carbons (Fsp3) is 0.622. The van der Waals surface area contributed by atoms with E-state index in [9.17, 15) is 26.3 Å². The van der Waals surface area contributed by atoms with Gasteiger partial charge in [0.05, 0.1) is 11.7 Å². The monoisotopic (exact) mass is 728 g/mol. The predicted octanol–water partition coefficient (Wildman–Crippen LogP) is 14.1. The summed E-state index contributed by atoms with van der Waals surface area (Å²) in [6, 6.07) is 8.88. The fourth-order valence-electron chi connectivity index (χ4n) is 6.94. The third-order valence-corrected chi connectivity index (χ3v) is 14.0. The van der Waals surface area contributed by atoms with Crippen molar-refractivity contribution in [1.82, 2.24) is 8.75 Å². The summed E-state index contributed by atoms with van der Waals surface area (Å²) in [7, 11) is 0. The fourth-order valence-corrected chi connectivity index (χ4v) is 10.4. The maximum absolute atomic E-state index is 13.0. The first-order chi connectivity index (χ1) is 22.4. The van der Waals surface area contributed by atoms with Crippen molar-refractivity contribution < 1.29 is 26.3 Å². The van der Waals surface area contributed by atoms with E-state index in [1.165, 1.54) is 43.0 Å². The summed E-state index contributed by atoms with van der Waals surface area (Å²) in [5.41, 5.74) is 5.79. The summed E-state index contributed by atoms with van der Waals surface area (Å²) in [6.07, 6.45) is -4.43. The molecule has 0 amide bonds. The van der Waals surface area contributed by atoms with Gasteiger partial charge in [0.15, 0.2) is 0 Å². The van der Waals surface area contributed by atoms with Crippen LogP contribution in [0.1, 0.15) is 140 Å². The Hall–Kier alpha value is -1.98. The first-order valence-electron chi connectivity index (χ1n) is 17.1. The largest absolute Gasteiger partial charge is 0.389 e. The zero-order valence-electron chi connectivity index (χ0n) is 28.7. The van der Waals surface area contributed by atoms with Gasteiger partial charge >= 0.3 is 12.4 Å². The molecule has 0 bridgehead atoms. The summed E-state index contributed by atoms with van der Waals surface area (Å²) in [4.78, 5) is 4.74. The molecule has 1 aliphatic carbocycles. The van der Waals surface area contributed by atoms with Crippen LogP contribution in [0, 0.1) is 0 Å². The lowest BCUT2D eigenvalue weighted by molar-refractivity contribution is -0.136. The lowest BCUT2D eigenvalue weighted by atomic mass is 9.71. The Balaban J connectivity index is 1.59. The molecule has 0 spiro atoms. The minimum absolute atomic E-state index is 0.0548. The zero-order chi connectivity index (χ0) is 35.1. The van der Waals surface area contributed by atoms with Crippen LogP contribution in [0.5, 0.6) is 0 Å². The van der Waals surface area contributed by atoms with Crippen molar-refractivity contribution in [1.29, 1.82) is 0 Å². The van der Waals surface area contributed by atoms with Crippen LogP contribution in [-0.2, 0) is 16.2 Å². The molecule has 0 aliphatic heterocycles. The van der Waals surface area contributed by atoms with Gasteiger partial charge in [0.1, 0.15) is 11.0 Å². The number of hydrogen-bond acceptors (Lipinski definition) is 5. The topological polar surface area (TPSA) is 25.8 Å². The van der Waals surface area contributed by atoms with Gasteiger partial charge in [0, 0.05) is 43.3 Å². The van der Waals surface area contributed by atoms with E-state index in [-0.39, 0.29) is 23.7 Å². The quantitative estimate of drug-likeness (QED) is 0.0900. The summed E-state index contributed by atoms with van der Waals surface area (Å²) in [5, 5.41) is 0. The normalized spacial score (nSPS) is 15.0. The summed E-state index contributed by atoms with van der Waals surface area (Å²) in [6.45, 7) is 13.2. The molecule has 0 saturated heterocycles. The summed E-state index contributed by atoms with van der Waals surface area (Å²) < 4.78 is 87.5. The molecule has 11 heteroatoms. The smallest absolute Gasteiger partial charge is 0.173 e. The molecular formula is C37H46F6N2S3. The van der Waals surface area contributed by atoms with Crippen LogP contribution < -0.4 is 0 Å².